The standard InChI is InChI=1S/C7H10N2O4/c1-3(8)6(11)4-2-5(10)9(13)7(4)12/h3-4,13H,2,8H2,1H3. The summed E-state index contributed by atoms with van der Waals surface area (Å²) in [5, 5.41) is 8.79. The Bertz CT molecular complexity index is 274. The first kappa shape index (κ1) is 9.82. The molecule has 72 valence electrons. The maximum atomic E-state index is 11.2. The molecule has 0 aromatic rings. The summed E-state index contributed by atoms with van der Waals surface area (Å²) in [6, 6.07) is -0.798. The molecule has 0 aromatic heterocycles. The molecular weight excluding hydrogens is 176 g/mol. The lowest BCUT2D eigenvalue weighted by atomic mass is 9.98. The molecule has 0 saturated carbocycles. The summed E-state index contributed by atoms with van der Waals surface area (Å²) < 4.78 is 0. The minimum Gasteiger partial charge on any atom is -0.322 e. The van der Waals surface area contributed by atoms with Gasteiger partial charge in [-0.1, -0.05) is 0 Å². The Kier molecular flexibility index (Phi) is 2.44. The third-order valence-electron chi connectivity index (χ3n) is 1.91. The molecule has 1 saturated heterocycles. The average molecular weight is 186 g/mol. The van der Waals surface area contributed by atoms with E-state index in [2.05, 4.69) is 0 Å². The predicted octanol–water partition coefficient (Wildman–Crippen LogP) is -1.33. The van der Waals surface area contributed by atoms with Gasteiger partial charge in [-0.15, -0.1) is 0 Å². The molecule has 0 spiro atoms. The molecule has 1 heterocycles. The Labute approximate surface area is 74.3 Å². The first-order valence-electron chi connectivity index (χ1n) is 3.80. The molecule has 6 heteroatoms. The van der Waals surface area contributed by atoms with Crippen LogP contribution in [0.3, 0.4) is 0 Å². The Hall–Kier alpha value is -1.27. The number of carbonyl (C=O) groups is 3. The van der Waals surface area contributed by atoms with Crippen molar-refractivity contribution in [2.24, 2.45) is 11.7 Å². The van der Waals surface area contributed by atoms with E-state index in [1.165, 1.54) is 6.92 Å². The van der Waals surface area contributed by atoms with Gasteiger partial charge in [0.1, 0.15) is 5.92 Å². The zero-order valence-corrected chi connectivity index (χ0v) is 7.06. The summed E-state index contributed by atoms with van der Waals surface area (Å²) >= 11 is 0. The lowest BCUT2D eigenvalue weighted by molar-refractivity contribution is -0.172. The van der Waals surface area contributed by atoms with Crippen molar-refractivity contribution in [2.75, 3.05) is 0 Å². The highest BCUT2D eigenvalue weighted by Crippen LogP contribution is 2.19. The second kappa shape index (κ2) is 3.23. The number of hydrogen-bond acceptors (Lipinski definition) is 5. The van der Waals surface area contributed by atoms with Gasteiger partial charge in [-0.2, -0.15) is 5.06 Å². The van der Waals surface area contributed by atoms with Crippen molar-refractivity contribution in [1.29, 1.82) is 0 Å². The van der Waals surface area contributed by atoms with Crippen molar-refractivity contribution in [1.82, 2.24) is 5.06 Å². The number of imide groups is 1. The van der Waals surface area contributed by atoms with Crippen LogP contribution in [0.5, 0.6) is 0 Å². The van der Waals surface area contributed by atoms with E-state index < -0.39 is 29.6 Å². The number of amides is 2. The minimum absolute atomic E-state index is 0.0229. The van der Waals surface area contributed by atoms with E-state index in [0.29, 0.717) is 0 Å². The van der Waals surface area contributed by atoms with Gasteiger partial charge in [0.15, 0.2) is 5.78 Å². The Balaban J connectivity index is 2.80. The van der Waals surface area contributed by atoms with Crippen LogP contribution in [0.1, 0.15) is 13.3 Å². The number of carbonyl (C=O) groups excluding carboxylic acids is 3. The molecule has 1 aliphatic rings. The Morgan fingerprint density at radius 2 is 2.23 bits per heavy atom. The summed E-state index contributed by atoms with van der Waals surface area (Å²) in [7, 11) is 0. The third kappa shape index (κ3) is 1.58. The van der Waals surface area contributed by atoms with Crippen molar-refractivity contribution in [3.8, 4) is 0 Å². The molecule has 0 aliphatic carbocycles. The van der Waals surface area contributed by atoms with Crippen LogP contribution in [0.4, 0.5) is 0 Å². The fourth-order valence-electron chi connectivity index (χ4n) is 1.16. The van der Waals surface area contributed by atoms with Gasteiger partial charge in [0.25, 0.3) is 11.8 Å². The van der Waals surface area contributed by atoms with Crippen LogP contribution < -0.4 is 5.73 Å². The van der Waals surface area contributed by atoms with Crippen LogP contribution in [0.2, 0.25) is 0 Å². The molecule has 3 N–H and O–H groups in total. The van der Waals surface area contributed by atoms with Crippen molar-refractivity contribution >= 4 is 17.6 Å². The van der Waals surface area contributed by atoms with Crippen molar-refractivity contribution in [3.63, 3.8) is 0 Å². The highest BCUT2D eigenvalue weighted by Gasteiger charge is 2.43. The number of nitrogens with zero attached hydrogens (tertiary/aromatic N) is 1. The van der Waals surface area contributed by atoms with Gasteiger partial charge < -0.3 is 5.73 Å². The van der Waals surface area contributed by atoms with Crippen LogP contribution in [-0.4, -0.2) is 33.9 Å². The van der Waals surface area contributed by atoms with Gasteiger partial charge in [-0.3, -0.25) is 19.6 Å². The first-order valence-corrected chi connectivity index (χ1v) is 3.80. The van der Waals surface area contributed by atoms with E-state index in [4.69, 9.17) is 10.9 Å². The van der Waals surface area contributed by atoms with Crippen molar-refractivity contribution < 1.29 is 19.6 Å². The third-order valence-corrected chi connectivity index (χ3v) is 1.91. The van der Waals surface area contributed by atoms with Gasteiger partial charge in [0.05, 0.1) is 6.04 Å². The number of rotatable bonds is 2. The largest absolute Gasteiger partial charge is 0.322 e. The SMILES string of the molecule is CC(N)C(=O)C1CC(=O)N(O)C1=O. The highest BCUT2D eigenvalue weighted by atomic mass is 16.5. The van der Waals surface area contributed by atoms with Crippen LogP contribution in [0, 0.1) is 5.92 Å². The molecule has 2 unspecified atom stereocenters. The van der Waals surface area contributed by atoms with Crippen LogP contribution in [0.15, 0.2) is 0 Å². The number of ketones is 1. The summed E-state index contributed by atoms with van der Waals surface area (Å²) in [6.45, 7) is 1.43. The molecule has 0 radical (unpaired) electrons. The fraction of sp³-hybridized carbons (Fsp3) is 0.571. The predicted molar refractivity (Wildman–Crippen MR) is 40.4 cm³/mol. The molecule has 2 amide bonds. The molecule has 13 heavy (non-hydrogen) atoms. The molecule has 2 atom stereocenters. The lowest BCUT2D eigenvalue weighted by Gasteiger charge is -2.08. The fourth-order valence-corrected chi connectivity index (χ4v) is 1.16. The molecule has 0 aromatic carbocycles. The van der Waals surface area contributed by atoms with Crippen molar-refractivity contribution in [2.45, 2.75) is 19.4 Å². The lowest BCUT2D eigenvalue weighted by Crippen LogP contribution is -2.37. The Morgan fingerprint density at radius 1 is 1.69 bits per heavy atom. The summed E-state index contributed by atoms with van der Waals surface area (Å²) in [4.78, 5) is 33.0. The zero-order chi connectivity index (χ0) is 10.2. The summed E-state index contributed by atoms with van der Waals surface area (Å²) in [6.07, 6.45) is -0.282. The van der Waals surface area contributed by atoms with E-state index in [9.17, 15) is 14.4 Å². The minimum atomic E-state index is -1.10. The van der Waals surface area contributed by atoms with E-state index in [0.717, 1.165) is 0 Å². The molecule has 1 aliphatic heterocycles. The maximum Gasteiger partial charge on any atom is 0.264 e. The Morgan fingerprint density at radius 3 is 2.54 bits per heavy atom. The maximum absolute atomic E-state index is 11.2. The number of Topliss-reactive ketones (excluding diaryl/α,β-unsaturated/α-hetero) is 1. The topological polar surface area (TPSA) is 101 Å². The van der Waals surface area contributed by atoms with E-state index >= 15 is 0 Å². The summed E-state index contributed by atoms with van der Waals surface area (Å²) in [5.74, 6) is -3.26. The second-order valence-corrected chi connectivity index (χ2v) is 2.99. The molecule has 1 rings (SSSR count). The normalized spacial score (nSPS) is 25.2. The average Bonchev–Trinajstić information content (AvgIpc) is 2.31. The van der Waals surface area contributed by atoms with E-state index in [-0.39, 0.29) is 11.5 Å². The molecule has 0 bridgehead atoms. The van der Waals surface area contributed by atoms with Crippen LogP contribution in [-0.2, 0) is 14.4 Å². The number of hydrogen-bond donors (Lipinski definition) is 2. The van der Waals surface area contributed by atoms with Gasteiger partial charge in [0.2, 0.25) is 0 Å². The second-order valence-electron chi connectivity index (χ2n) is 2.99. The van der Waals surface area contributed by atoms with Gasteiger partial charge in [-0.05, 0) is 6.92 Å². The van der Waals surface area contributed by atoms with E-state index in [1.54, 1.807) is 0 Å². The molecule has 6 nitrogen and oxygen atoms in total. The van der Waals surface area contributed by atoms with E-state index in [1.807, 2.05) is 0 Å². The summed E-state index contributed by atoms with van der Waals surface area (Å²) in [5.41, 5.74) is 5.26. The molecular formula is C7H10N2O4. The molecule has 1 fully saturated rings. The highest BCUT2D eigenvalue weighted by molar-refractivity contribution is 6.14. The van der Waals surface area contributed by atoms with Crippen LogP contribution >= 0.6 is 0 Å². The smallest absolute Gasteiger partial charge is 0.264 e. The zero-order valence-electron chi connectivity index (χ0n) is 7.06. The quantitative estimate of drug-likeness (QED) is 0.316. The number of hydroxylamine groups is 2. The van der Waals surface area contributed by atoms with Crippen LogP contribution in [0.25, 0.3) is 0 Å². The number of nitrogens with two attached hydrogens (primary N) is 1. The van der Waals surface area contributed by atoms with Gasteiger partial charge in [-0.25, -0.2) is 0 Å². The van der Waals surface area contributed by atoms with Gasteiger partial charge >= 0.3 is 0 Å². The monoisotopic (exact) mass is 186 g/mol. The van der Waals surface area contributed by atoms with Crippen molar-refractivity contribution in [3.05, 3.63) is 0 Å². The van der Waals surface area contributed by atoms with Gasteiger partial charge in [0, 0.05) is 6.42 Å². The first-order chi connectivity index (χ1) is 5.95.